The van der Waals surface area contributed by atoms with Crippen molar-refractivity contribution in [3.63, 3.8) is 0 Å². The number of ether oxygens (including phenoxy) is 2. The van der Waals surface area contributed by atoms with Gasteiger partial charge in [-0.3, -0.25) is 0 Å². The van der Waals surface area contributed by atoms with E-state index in [1.54, 1.807) is 6.20 Å². The van der Waals surface area contributed by atoms with Crippen molar-refractivity contribution in [3.8, 4) is 5.88 Å². The molecule has 1 atom stereocenters. The minimum absolute atomic E-state index is 0.0890. The Kier molecular flexibility index (Phi) is 5.06. The zero-order valence-corrected chi connectivity index (χ0v) is 12.8. The molecule has 0 spiro atoms. The highest BCUT2D eigenvalue weighted by Gasteiger charge is 2.17. The van der Waals surface area contributed by atoms with Crippen LogP contribution in [0.1, 0.15) is 12.0 Å². The van der Waals surface area contributed by atoms with Gasteiger partial charge in [0.1, 0.15) is 6.10 Å². The van der Waals surface area contributed by atoms with Crippen molar-refractivity contribution >= 4 is 11.6 Å². The van der Waals surface area contributed by atoms with Crippen LogP contribution in [0.15, 0.2) is 53.7 Å². The summed E-state index contributed by atoms with van der Waals surface area (Å²) in [5, 5.41) is 3.05. The summed E-state index contributed by atoms with van der Waals surface area (Å²) in [5.74, 6) is 0.975. The second-order valence-corrected chi connectivity index (χ2v) is 5.30. The lowest BCUT2D eigenvalue weighted by atomic mass is 10.2. The molecule has 0 bridgehead atoms. The van der Waals surface area contributed by atoms with E-state index < -0.39 is 0 Å². The first-order valence-corrected chi connectivity index (χ1v) is 7.61. The van der Waals surface area contributed by atoms with E-state index in [0.29, 0.717) is 25.0 Å². The number of guanidine groups is 1. The van der Waals surface area contributed by atoms with Crippen LogP contribution in [-0.2, 0) is 11.3 Å². The van der Waals surface area contributed by atoms with Crippen LogP contribution < -0.4 is 15.8 Å². The maximum absolute atomic E-state index is 5.90. The molecule has 3 N–H and O–H groups in total. The van der Waals surface area contributed by atoms with Crippen LogP contribution in [0.3, 0.4) is 0 Å². The lowest BCUT2D eigenvalue weighted by Crippen LogP contribution is -2.22. The highest BCUT2D eigenvalue weighted by atomic mass is 16.5. The molecule has 1 unspecified atom stereocenters. The molecule has 1 aromatic carbocycles. The van der Waals surface area contributed by atoms with Gasteiger partial charge in [0.05, 0.1) is 19.8 Å². The number of rotatable bonds is 5. The number of hydrogen-bond donors (Lipinski definition) is 2. The van der Waals surface area contributed by atoms with E-state index in [1.807, 2.05) is 42.5 Å². The highest BCUT2D eigenvalue weighted by molar-refractivity contribution is 5.92. The fourth-order valence-electron chi connectivity index (χ4n) is 2.28. The average Bonchev–Trinajstić information content (AvgIpc) is 3.07. The molecule has 120 valence electrons. The Morgan fingerprint density at radius 3 is 3.00 bits per heavy atom. The summed E-state index contributed by atoms with van der Waals surface area (Å²) >= 11 is 0. The first-order valence-electron chi connectivity index (χ1n) is 7.61. The smallest absolute Gasteiger partial charge is 0.213 e. The summed E-state index contributed by atoms with van der Waals surface area (Å²) < 4.78 is 11.1. The molecule has 0 amide bonds. The molecule has 2 aromatic rings. The summed E-state index contributed by atoms with van der Waals surface area (Å²) in [4.78, 5) is 8.56. The molecular weight excluding hydrogens is 292 g/mol. The molecule has 1 aromatic heterocycles. The standard InChI is InChI=1S/C17H20N4O2/c18-17(21-14-4-2-1-3-5-14)20-11-13-6-8-19-16(10-13)23-15-7-9-22-12-15/h1-6,8,10,15H,7,9,11-12H2,(H3,18,20,21). The number of nitrogens with two attached hydrogens (primary N) is 1. The van der Waals surface area contributed by atoms with E-state index in [0.717, 1.165) is 24.3 Å². The summed E-state index contributed by atoms with van der Waals surface area (Å²) in [7, 11) is 0. The summed E-state index contributed by atoms with van der Waals surface area (Å²) in [6, 6.07) is 13.5. The molecule has 0 saturated carbocycles. The van der Waals surface area contributed by atoms with Gasteiger partial charge in [0.15, 0.2) is 5.96 Å². The van der Waals surface area contributed by atoms with Crippen LogP contribution in [0.5, 0.6) is 5.88 Å². The number of anilines is 1. The van der Waals surface area contributed by atoms with Crippen molar-refractivity contribution in [1.82, 2.24) is 4.98 Å². The number of aliphatic imine (C=N–C) groups is 1. The number of hydrogen-bond acceptors (Lipinski definition) is 4. The minimum Gasteiger partial charge on any atom is -0.472 e. The van der Waals surface area contributed by atoms with Gasteiger partial charge >= 0.3 is 0 Å². The van der Waals surface area contributed by atoms with Crippen molar-refractivity contribution < 1.29 is 9.47 Å². The van der Waals surface area contributed by atoms with Gasteiger partial charge in [-0.05, 0) is 23.8 Å². The van der Waals surface area contributed by atoms with Gasteiger partial charge in [0.2, 0.25) is 5.88 Å². The maximum atomic E-state index is 5.90. The van der Waals surface area contributed by atoms with E-state index in [4.69, 9.17) is 15.2 Å². The third-order valence-corrected chi connectivity index (χ3v) is 3.45. The Morgan fingerprint density at radius 2 is 2.22 bits per heavy atom. The van der Waals surface area contributed by atoms with Crippen LogP contribution in [0, 0.1) is 0 Å². The first kappa shape index (κ1) is 15.3. The number of benzene rings is 1. The van der Waals surface area contributed by atoms with Crippen molar-refractivity contribution in [3.05, 3.63) is 54.2 Å². The fraction of sp³-hybridized carbons (Fsp3) is 0.294. The monoisotopic (exact) mass is 312 g/mol. The van der Waals surface area contributed by atoms with Crippen LogP contribution in [0.4, 0.5) is 5.69 Å². The largest absolute Gasteiger partial charge is 0.472 e. The third-order valence-electron chi connectivity index (χ3n) is 3.45. The number of pyridine rings is 1. The molecule has 23 heavy (non-hydrogen) atoms. The predicted molar refractivity (Wildman–Crippen MR) is 89.5 cm³/mol. The van der Waals surface area contributed by atoms with Crippen LogP contribution in [0.2, 0.25) is 0 Å². The van der Waals surface area contributed by atoms with Gasteiger partial charge in [0, 0.05) is 24.4 Å². The SMILES string of the molecule is NC(=NCc1ccnc(OC2CCOC2)c1)Nc1ccccc1. The van der Waals surface area contributed by atoms with Crippen LogP contribution in [-0.4, -0.2) is 30.3 Å². The van der Waals surface area contributed by atoms with E-state index in [2.05, 4.69) is 15.3 Å². The topological polar surface area (TPSA) is 81.8 Å². The first-order chi connectivity index (χ1) is 11.3. The molecular formula is C17H20N4O2. The van der Waals surface area contributed by atoms with Crippen molar-refractivity contribution in [1.29, 1.82) is 0 Å². The molecule has 6 nitrogen and oxygen atoms in total. The molecule has 3 rings (SSSR count). The molecule has 1 aliphatic rings. The average molecular weight is 312 g/mol. The third kappa shape index (κ3) is 4.69. The maximum Gasteiger partial charge on any atom is 0.213 e. The zero-order valence-electron chi connectivity index (χ0n) is 12.8. The van der Waals surface area contributed by atoms with Gasteiger partial charge < -0.3 is 20.5 Å². The van der Waals surface area contributed by atoms with Crippen molar-refractivity contribution in [2.75, 3.05) is 18.5 Å². The van der Waals surface area contributed by atoms with Gasteiger partial charge in [0.25, 0.3) is 0 Å². The van der Waals surface area contributed by atoms with Gasteiger partial charge in [-0.2, -0.15) is 0 Å². The van der Waals surface area contributed by atoms with Crippen molar-refractivity contribution in [2.24, 2.45) is 10.7 Å². The number of para-hydroxylation sites is 1. The highest BCUT2D eigenvalue weighted by Crippen LogP contribution is 2.16. The Hall–Kier alpha value is -2.60. The quantitative estimate of drug-likeness (QED) is 0.653. The van der Waals surface area contributed by atoms with E-state index >= 15 is 0 Å². The Bertz CT molecular complexity index is 655. The molecule has 0 radical (unpaired) electrons. The van der Waals surface area contributed by atoms with Crippen LogP contribution >= 0.6 is 0 Å². The second kappa shape index (κ2) is 7.60. The number of nitrogens with zero attached hydrogens (tertiary/aromatic N) is 2. The van der Waals surface area contributed by atoms with E-state index in [9.17, 15) is 0 Å². The number of aromatic nitrogens is 1. The summed E-state index contributed by atoms with van der Waals surface area (Å²) in [6.07, 6.45) is 2.71. The van der Waals surface area contributed by atoms with Crippen molar-refractivity contribution in [2.45, 2.75) is 19.1 Å². The molecule has 6 heteroatoms. The fourth-order valence-corrected chi connectivity index (χ4v) is 2.28. The van der Waals surface area contributed by atoms with Gasteiger partial charge in [-0.15, -0.1) is 0 Å². The van der Waals surface area contributed by atoms with E-state index in [-0.39, 0.29) is 6.10 Å². The number of nitrogens with one attached hydrogen (secondary N) is 1. The lowest BCUT2D eigenvalue weighted by Gasteiger charge is -2.11. The lowest BCUT2D eigenvalue weighted by molar-refractivity contribution is 0.138. The Labute approximate surface area is 135 Å². The summed E-state index contributed by atoms with van der Waals surface area (Å²) in [5.41, 5.74) is 7.80. The normalized spacial score (nSPS) is 17.9. The predicted octanol–water partition coefficient (Wildman–Crippen LogP) is 2.18. The zero-order chi connectivity index (χ0) is 15.9. The molecule has 1 aliphatic heterocycles. The van der Waals surface area contributed by atoms with Gasteiger partial charge in [-0.1, -0.05) is 18.2 Å². The molecule has 1 saturated heterocycles. The van der Waals surface area contributed by atoms with Gasteiger partial charge in [-0.25, -0.2) is 9.98 Å². The van der Waals surface area contributed by atoms with E-state index in [1.165, 1.54) is 0 Å². The molecule has 0 aliphatic carbocycles. The van der Waals surface area contributed by atoms with Crippen LogP contribution in [0.25, 0.3) is 0 Å². The second-order valence-electron chi connectivity index (χ2n) is 5.30. The minimum atomic E-state index is 0.0890. The molecule has 2 heterocycles. The Balaban J connectivity index is 1.57. The Morgan fingerprint density at radius 1 is 1.35 bits per heavy atom. The molecule has 1 fully saturated rings. The summed E-state index contributed by atoms with van der Waals surface area (Å²) in [6.45, 7) is 1.83.